The van der Waals surface area contributed by atoms with Gasteiger partial charge in [0.15, 0.2) is 0 Å². The average molecular weight is 515 g/mol. The van der Waals surface area contributed by atoms with E-state index in [-0.39, 0.29) is 18.1 Å². The molecule has 38 heavy (non-hydrogen) atoms. The summed E-state index contributed by atoms with van der Waals surface area (Å²) in [5.74, 6) is 1.51. The van der Waals surface area contributed by atoms with Crippen molar-refractivity contribution in [1.82, 2.24) is 14.4 Å². The Balaban J connectivity index is 1.23. The third kappa shape index (κ3) is 4.10. The van der Waals surface area contributed by atoms with Crippen molar-refractivity contribution in [1.29, 1.82) is 0 Å². The molecule has 1 amide bonds. The van der Waals surface area contributed by atoms with Gasteiger partial charge in [-0.3, -0.25) is 4.79 Å². The number of para-hydroxylation sites is 1. The second-order valence-electron chi connectivity index (χ2n) is 11.6. The van der Waals surface area contributed by atoms with Crippen LogP contribution in [0, 0.1) is 5.92 Å². The number of likely N-dealkylation sites (tertiary alicyclic amines) is 2. The number of piperidine rings is 2. The fourth-order valence-electron chi connectivity index (χ4n) is 6.87. The zero-order valence-corrected chi connectivity index (χ0v) is 22.2. The van der Waals surface area contributed by atoms with Gasteiger partial charge in [0.2, 0.25) is 0 Å². The summed E-state index contributed by atoms with van der Waals surface area (Å²) in [6.07, 6.45) is 4.39. The maximum atomic E-state index is 13.4. The number of carbonyl (C=O) groups is 1. The van der Waals surface area contributed by atoms with Crippen LogP contribution in [-0.4, -0.2) is 72.7 Å². The molecule has 2 saturated heterocycles. The van der Waals surface area contributed by atoms with E-state index in [1.807, 2.05) is 17.0 Å². The Labute approximate surface area is 224 Å². The summed E-state index contributed by atoms with van der Waals surface area (Å²) in [7, 11) is 2.22. The molecule has 0 saturated carbocycles. The molecule has 5 heterocycles. The van der Waals surface area contributed by atoms with Crippen LogP contribution >= 0.6 is 0 Å². The lowest BCUT2D eigenvalue weighted by Gasteiger charge is -2.34. The van der Waals surface area contributed by atoms with Crippen LogP contribution < -0.4 is 20.7 Å². The number of nitrogens with one attached hydrogen (secondary N) is 1. The molecule has 3 N–H and O–H groups in total. The van der Waals surface area contributed by atoms with Gasteiger partial charge in [-0.2, -0.15) is 0 Å². The van der Waals surface area contributed by atoms with Crippen molar-refractivity contribution in [2.45, 2.75) is 44.4 Å². The van der Waals surface area contributed by atoms with Crippen molar-refractivity contribution in [3.05, 3.63) is 53.7 Å². The van der Waals surface area contributed by atoms with Gasteiger partial charge in [0.25, 0.3) is 5.91 Å². The number of rotatable bonds is 4. The van der Waals surface area contributed by atoms with Gasteiger partial charge in [-0.15, -0.1) is 0 Å². The zero-order chi connectivity index (χ0) is 25.8. The SMILES string of the molecule is CN1CCC(Cn2c([C@@H]3Nc4cc(C(=O)N5CCCC(N)C5)cc5c4N3CCO5)cc3ccccc32)CC1. The maximum Gasteiger partial charge on any atom is 0.254 e. The fraction of sp³-hybridized carbons (Fsp3) is 0.500. The molecule has 0 bridgehead atoms. The normalized spacial score (nSPS) is 23.8. The molecule has 1 aromatic heterocycles. The Morgan fingerprint density at radius 3 is 2.76 bits per heavy atom. The number of hydrogen-bond acceptors (Lipinski definition) is 6. The van der Waals surface area contributed by atoms with Gasteiger partial charge < -0.3 is 35.1 Å². The van der Waals surface area contributed by atoms with Gasteiger partial charge in [0.05, 0.1) is 17.9 Å². The molecule has 0 spiro atoms. The molecule has 2 aromatic carbocycles. The largest absolute Gasteiger partial charge is 0.489 e. The number of hydrogen-bond donors (Lipinski definition) is 2. The zero-order valence-electron chi connectivity index (χ0n) is 22.2. The van der Waals surface area contributed by atoms with Crippen LogP contribution in [0.2, 0.25) is 0 Å². The maximum absolute atomic E-state index is 13.4. The highest BCUT2D eigenvalue weighted by Gasteiger charge is 2.38. The van der Waals surface area contributed by atoms with E-state index in [0.717, 1.165) is 62.7 Å². The van der Waals surface area contributed by atoms with Gasteiger partial charge >= 0.3 is 0 Å². The highest BCUT2D eigenvalue weighted by molar-refractivity contribution is 5.99. The number of ether oxygens (including phenoxy) is 1. The quantitative estimate of drug-likeness (QED) is 0.550. The molecule has 8 nitrogen and oxygen atoms in total. The molecule has 7 rings (SSSR count). The van der Waals surface area contributed by atoms with Gasteiger partial charge in [-0.1, -0.05) is 18.2 Å². The van der Waals surface area contributed by atoms with Crippen LogP contribution in [0.3, 0.4) is 0 Å². The molecule has 200 valence electrons. The number of aromatic nitrogens is 1. The van der Waals surface area contributed by atoms with Crippen LogP contribution in [0.5, 0.6) is 5.75 Å². The minimum absolute atomic E-state index is 0.0000695. The lowest BCUT2D eigenvalue weighted by atomic mass is 9.97. The fourth-order valence-corrected chi connectivity index (χ4v) is 6.87. The number of fused-ring (bicyclic) bond motifs is 1. The Morgan fingerprint density at radius 2 is 1.92 bits per heavy atom. The lowest BCUT2D eigenvalue weighted by molar-refractivity contribution is 0.0708. The Kier molecular flexibility index (Phi) is 5.97. The van der Waals surface area contributed by atoms with Crippen LogP contribution in [-0.2, 0) is 6.54 Å². The van der Waals surface area contributed by atoms with Crippen LogP contribution in [0.4, 0.5) is 11.4 Å². The van der Waals surface area contributed by atoms with E-state index in [0.29, 0.717) is 24.6 Å². The molecule has 8 heteroatoms. The first-order chi connectivity index (χ1) is 18.5. The second-order valence-corrected chi connectivity index (χ2v) is 11.6. The molecular formula is C30H38N6O2. The summed E-state index contributed by atoms with van der Waals surface area (Å²) < 4.78 is 8.68. The van der Waals surface area contributed by atoms with Crippen LogP contribution in [0.15, 0.2) is 42.5 Å². The number of benzene rings is 2. The number of nitrogens with zero attached hydrogens (tertiary/aromatic N) is 4. The molecule has 3 aromatic rings. The van der Waals surface area contributed by atoms with Crippen molar-refractivity contribution in [3.63, 3.8) is 0 Å². The summed E-state index contributed by atoms with van der Waals surface area (Å²) in [5.41, 5.74) is 11.5. The predicted octanol–water partition coefficient (Wildman–Crippen LogP) is 3.87. The van der Waals surface area contributed by atoms with Crippen molar-refractivity contribution in [2.75, 3.05) is 56.6 Å². The Hall–Kier alpha value is -3.23. The predicted molar refractivity (Wildman–Crippen MR) is 151 cm³/mol. The van der Waals surface area contributed by atoms with E-state index < -0.39 is 0 Å². The van der Waals surface area contributed by atoms with E-state index in [4.69, 9.17) is 10.5 Å². The first kappa shape index (κ1) is 23.9. The van der Waals surface area contributed by atoms with E-state index in [1.165, 1.54) is 29.4 Å². The van der Waals surface area contributed by atoms with Crippen molar-refractivity contribution in [2.24, 2.45) is 11.7 Å². The molecule has 1 unspecified atom stereocenters. The lowest BCUT2D eigenvalue weighted by Crippen LogP contribution is -2.45. The van der Waals surface area contributed by atoms with Gasteiger partial charge in [0, 0.05) is 42.1 Å². The highest BCUT2D eigenvalue weighted by atomic mass is 16.5. The van der Waals surface area contributed by atoms with Gasteiger partial charge in [0.1, 0.15) is 24.2 Å². The van der Waals surface area contributed by atoms with Crippen LogP contribution in [0.25, 0.3) is 10.9 Å². The molecule has 4 aliphatic rings. The summed E-state index contributed by atoms with van der Waals surface area (Å²) in [6.45, 7) is 6.15. The van der Waals surface area contributed by atoms with E-state index in [2.05, 4.69) is 57.1 Å². The number of anilines is 2. The molecule has 0 aliphatic carbocycles. The van der Waals surface area contributed by atoms with Gasteiger partial charge in [-0.05, 0) is 76.0 Å². The summed E-state index contributed by atoms with van der Waals surface area (Å²) in [5, 5.41) is 5.08. The van der Waals surface area contributed by atoms with E-state index >= 15 is 0 Å². The summed E-state index contributed by atoms with van der Waals surface area (Å²) in [4.78, 5) is 20.2. The highest BCUT2D eigenvalue weighted by Crippen LogP contribution is 2.50. The summed E-state index contributed by atoms with van der Waals surface area (Å²) >= 11 is 0. The molecule has 2 fully saturated rings. The first-order valence-corrected chi connectivity index (χ1v) is 14.2. The number of nitrogens with two attached hydrogens (primary N) is 1. The van der Waals surface area contributed by atoms with Gasteiger partial charge in [-0.25, -0.2) is 0 Å². The smallest absolute Gasteiger partial charge is 0.254 e. The van der Waals surface area contributed by atoms with Crippen molar-refractivity contribution < 1.29 is 9.53 Å². The molecule has 4 aliphatic heterocycles. The third-order valence-corrected chi connectivity index (χ3v) is 8.95. The molecule has 2 atom stereocenters. The topological polar surface area (TPSA) is 79.0 Å². The second kappa shape index (κ2) is 9.50. The Bertz CT molecular complexity index is 1360. The minimum atomic E-state index is 0.0000695. The molecular weight excluding hydrogens is 476 g/mol. The first-order valence-electron chi connectivity index (χ1n) is 14.2. The average Bonchev–Trinajstić information content (AvgIpc) is 3.49. The monoisotopic (exact) mass is 514 g/mol. The van der Waals surface area contributed by atoms with E-state index in [1.54, 1.807) is 0 Å². The Morgan fingerprint density at radius 1 is 1.08 bits per heavy atom. The van der Waals surface area contributed by atoms with Crippen molar-refractivity contribution in [3.8, 4) is 5.75 Å². The van der Waals surface area contributed by atoms with Crippen molar-refractivity contribution >= 4 is 28.2 Å². The van der Waals surface area contributed by atoms with E-state index in [9.17, 15) is 4.79 Å². The minimum Gasteiger partial charge on any atom is -0.489 e. The number of amides is 1. The van der Waals surface area contributed by atoms with Crippen LogP contribution in [0.1, 0.15) is 47.9 Å². The number of carbonyl (C=O) groups excluding carboxylic acids is 1. The molecule has 0 radical (unpaired) electrons. The third-order valence-electron chi connectivity index (χ3n) is 8.95. The summed E-state index contributed by atoms with van der Waals surface area (Å²) in [6, 6.07) is 15.1. The standard InChI is InChI=1S/C30H38N6O2/c1-33-11-8-20(9-12-33)18-36-25-7-3-2-5-21(25)16-26(36)29-32-24-15-22(17-27-28(24)35(29)13-14-38-27)30(37)34-10-4-6-23(31)19-34/h2-3,5,7,15-17,20,23,29,32H,4,6,8-14,18-19,31H2,1H3/t23?,29-/m1/s1.